The lowest BCUT2D eigenvalue weighted by Crippen LogP contribution is -2.59. The lowest BCUT2D eigenvalue weighted by molar-refractivity contribution is -0.148. The monoisotopic (exact) mass is 469 g/mol. The van der Waals surface area contributed by atoms with Crippen molar-refractivity contribution in [2.45, 2.75) is 75.3 Å². The van der Waals surface area contributed by atoms with Gasteiger partial charge < -0.3 is 9.88 Å². The minimum Gasteiger partial charge on any atom is -0.356 e. The van der Waals surface area contributed by atoms with E-state index < -0.39 is 0 Å². The Labute approximate surface area is 209 Å². The zero-order valence-corrected chi connectivity index (χ0v) is 21.4. The van der Waals surface area contributed by atoms with E-state index >= 15 is 0 Å². The van der Waals surface area contributed by atoms with E-state index in [0.717, 1.165) is 51.5 Å². The van der Waals surface area contributed by atoms with E-state index in [2.05, 4.69) is 83.5 Å². The predicted molar refractivity (Wildman–Crippen MR) is 142 cm³/mol. The van der Waals surface area contributed by atoms with Crippen LogP contribution >= 0.6 is 0 Å². The third kappa shape index (κ3) is 3.56. The van der Waals surface area contributed by atoms with Crippen LogP contribution in [0.4, 0.5) is 0 Å². The molecule has 0 atom stereocenters. The molecule has 1 aliphatic heterocycles. The Morgan fingerprint density at radius 3 is 2.31 bits per heavy atom. The second kappa shape index (κ2) is 8.81. The van der Waals surface area contributed by atoms with Crippen molar-refractivity contribution in [1.82, 2.24) is 14.8 Å². The molecule has 2 heterocycles. The van der Waals surface area contributed by atoms with E-state index in [1.54, 1.807) is 0 Å². The van der Waals surface area contributed by atoms with Gasteiger partial charge in [0.2, 0.25) is 5.91 Å². The van der Waals surface area contributed by atoms with Gasteiger partial charge in [-0.3, -0.25) is 9.69 Å². The van der Waals surface area contributed by atoms with Crippen LogP contribution in [-0.2, 0) is 22.3 Å². The lowest BCUT2D eigenvalue weighted by Gasteiger charge is -2.55. The summed E-state index contributed by atoms with van der Waals surface area (Å²) >= 11 is 0. The van der Waals surface area contributed by atoms with Crippen LogP contribution in [0.5, 0.6) is 0 Å². The average molecular weight is 470 g/mol. The maximum absolute atomic E-state index is 14.1. The Morgan fingerprint density at radius 2 is 1.60 bits per heavy atom. The summed E-state index contributed by atoms with van der Waals surface area (Å²) in [5, 5.41) is 1.35. The van der Waals surface area contributed by atoms with E-state index in [4.69, 9.17) is 0 Å². The predicted octanol–water partition coefficient (Wildman–Crippen LogP) is 6.36. The van der Waals surface area contributed by atoms with Crippen molar-refractivity contribution in [3.05, 3.63) is 71.4 Å². The number of carbonyl (C=O) groups excluding carboxylic acids is 1. The summed E-state index contributed by atoms with van der Waals surface area (Å²) in [5.74, 6) is 0.632. The molecule has 184 valence electrons. The van der Waals surface area contributed by atoms with E-state index in [-0.39, 0.29) is 17.0 Å². The molecule has 3 aromatic rings. The highest BCUT2D eigenvalue weighted by Crippen LogP contribution is 2.54. The van der Waals surface area contributed by atoms with Crippen LogP contribution in [0.25, 0.3) is 10.9 Å². The SMILES string of the molecule is CN(C)C1(c2ccccc2)CCC2(CC1)c1[nH]c3ccccc3c1CCN2C(=O)C1CCCCC1. The Bertz CT molecular complexity index is 1200. The summed E-state index contributed by atoms with van der Waals surface area (Å²) in [6.07, 6.45) is 10.9. The number of rotatable bonds is 3. The summed E-state index contributed by atoms with van der Waals surface area (Å²) < 4.78 is 0. The van der Waals surface area contributed by atoms with E-state index in [1.807, 2.05) is 0 Å². The fourth-order valence-electron chi connectivity index (χ4n) is 7.66. The first-order chi connectivity index (χ1) is 17.1. The highest BCUT2D eigenvalue weighted by Gasteiger charge is 2.53. The van der Waals surface area contributed by atoms with Crippen LogP contribution < -0.4 is 0 Å². The van der Waals surface area contributed by atoms with Gasteiger partial charge in [0.05, 0.1) is 5.54 Å². The van der Waals surface area contributed by atoms with Gasteiger partial charge in [0.15, 0.2) is 0 Å². The number of hydrogen-bond donors (Lipinski definition) is 1. The summed E-state index contributed by atoms with van der Waals surface area (Å²) in [6.45, 7) is 0.852. The Morgan fingerprint density at radius 1 is 0.914 bits per heavy atom. The fraction of sp³-hybridized carbons (Fsp3) is 0.516. The molecule has 0 unspecified atom stereocenters. The first-order valence-corrected chi connectivity index (χ1v) is 13.7. The van der Waals surface area contributed by atoms with Crippen molar-refractivity contribution in [3.63, 3.8) is 0 Å². The molecule has 35 heavy (non-hydrogen) atoms. The van der Waals surface area contributed by atoms with Gasteiger partial charge in [-0.15, -0.1) is 0 Å². The van der Waals surface area contributed by atoms with Gasteiger partial charge in [0.1, 0.15) is 0 Å². The van der Waals surface area contributed by atoms with Crippen molar-refractivity contribution < 1.29 is 4.79 Å². The van der Waals surface area contributed by atoms with Crippen LogP contribution in [0.3, 0.4) is 0 Å². The minimum absolute atomic E-state index is 0.00962. The number of amides is 1. The number of benzene rings is 2. The second-order valence-electron chi connectivity index (χ2n) is 11.4. The van der Waals surface area contributed by atoms with Crippen molar-refractivity contribution >= 4 is 16.8 Å². The van der Waals surface area contributed by atoms with E-state index in [9.17, 15) is 4.79 Å². The van der Waals surface area contributed by atoms with Gasteiger partial charge in [-0.1, -0.05) is 67.8 Å². The van der Waals surface area contributed by atoms with Crippen molar-refractivity contribution in [1.29, 1.82) is 0 Å². The molecule has 6 rings (SSSR count). The van der Waals surface area contributed by atoms with Gasteiger partial charge in [-0.05, 0) is 76.2 Å². The molecule has 0 radical (unpaired) electrons. The van der Waals surface area contributed by atoms with Crippen LogP contribution in [0, 0.1) is 5.92 Å². The normalized spacial score (nSPS) is 27.5. The topological polar surface area (TPSA) is 39.3 Å². The molecule has 2 aliphatic carbocycles. The minimum atomic E-state index is -0.227. The first kappa shape index (κ1) is 22.8. The largest absolute Gasteiger partial charge is 0.356 e. The summed E-state index contributed by atoms with van der Waals surface area (Å²) in [7, 11) is 4.45. The number of nitrogens with one attached hydrogen (secondary N) is 1. The molecule has 2 aromatic carbocycles. The third-order valence-corrected chi connectivity index (χ3v) is 9.67. The molecule has 2 fully saturated rings. The number of aromatic amines is 1. The first-order valence-electron chi connectivity index (χ1n) is 13.7. The molecule has 0 saturated heterocycles. The van der Waals surface area contributed by atoms with Crippen molar-refractivity contribution in [2.24, 2.45) is 5.92 Å². The number of aromatic nitrogens is 1. The van der Waals surface area contributed by atoms with Gasteiger partial charge in [-0.2, -0.15) is 0 Å². The molecule has 0 bridgehead atoms. The number of para-hydroxylation sites is 1. The van der Waals surface area contributed by atoms with Gasteiger partial charge in [-0.25, -0.2) is 0 Å². The fourth-order valence-corrected chi connectivity index (χ4v) is 7.66. The number of hydrogen-bond acceptors (Lipinski definition) is 2. The Kier molecular flexibility index (Phi) is 5.75. The van der Waals surface area contributed by atoms with E-state index in [1.165, 1.54) is 47.0 Å². The van der Waals surface area contributed by atoms with Crippen LogP contribution in [-0.4, -0.2) is 41.3 Å². The molecule has 3 aliphatic rings. The Balaban J connectivity index is 1.43. The highest BCUT2D eigenvalue weighted by molar-refractivity contribution is 5.87. The molecule has 4 nitrogen and oxygen atoms in total. The molecule has 1 amide bonds. The maximum atomic E-state index is 14.1. The average Bonchev–Trinajstić information content (AvgIpc) is 3.30. The third-order valence-electron chi connectivity index (χ3n) is 9.67. The summed E-state index contributed by atoms with van der Waals surface area (Å²) in [6, 6.07) is 19.8. The molecule has 2 saturated carbocycles. The van der Waals surface area contributed by atoms with Gasteiger partial charge in [0.25, 0.3) is 0 Å². The van der Waals surface area contributed by atoms with Crippen LogP contribution in [0.1, 0.15) is 74.6 Å². The van der Waals surface area contributed by atoms with Crippen LogP contribution in [0.2, 0.25) is 0 Å². The molecule has 1 spiro atoms. The second-order valence-corrected chi connectivity index (χ2v) is 11.4. The number of H-pyrrole nitrogens is 1. The number of nitrogens with zero attached hydrogens (tertiary/aromatic N) is 2. The molecular formula is C31H39N3O. The molecule has 1 N–H and O–H groups in total. The maximum Gasteiger partial charge on any atom is 0.226 e. The molecule has 4 heteroatoms. The number of fused-ring (bicyclic) bond motifs is 4. The Hall–Kier alpha value is -2.59. The lowest BCUT2D eigenvalue weighted by atomic mass is 9.65. The van der Waals surface area contributed by atoms with Crippen molar-refractivity contribution in [2.75, 3.05) is 20.6 Å². The smallest absolute Gasteiger partial charge is 0.226 e. The van der Waals surface area contributed by atoms with E-state index in [0.29, 0.717) is 5.91 Å². The number of carbonyl (C=O) groups is 1. The summed E-state index contributed by atoms with van der Waals surface area (Å²) in [4.78, 5) is 22.8. The summed E-state index contributed by atoms with van der Waals surface area (Å²) in [5.41, 5.74) is 5.18. The van der Waals surface area contributed by atoms with Crippen LogP contribution in [0.15, 0.2) is 54.6 Å². The zero-order chi connectivity index (χ0) is 24.0. The van der Waals surface area contributed by atoms with Crippen molar-refractivity contribution in [3.8, 4) is 0 Å². The standard InChI is InChI=1S/C31H39N3O/c1-33(2)30(24-13-7-4-8-14-24)18-20-31(21-19-30)28-26(25-15-9-10-16-27(25)32-28)17-22-34(31)29(35)23-11-5-3-6-12-23/h4,7-10,13-16,23,32H,3,5-6,11-12,17-22H2,1-2H3. The quantitative estimate of drug-likeness (QED) is 0.485. The molecule has 1 aromatic heterocycles. The van der Waals surface area contributed by atoms with Gasteiger partial charge >= 0.3 is 0 Å². The molecular weight excluding hydrogens is 430 g/mol. The van der Waals surface area contributed by atoms with Gasteiger partial charge in [0, 0.05) is 34.6 Å². The highest BCUT2D eigenvalue weighted by atomic mass is 16.2. The zero-order valence-electron chi connectivity index (χ0n) is 21.4.